The average Bonchev–Trinajstić information content (AvgIpc) is 2.51. The predicted octanol–water partition coefficient (Wildman–Crippen LogP) is 2.79. The Morgan fingerprint density at radius 3 is 2.64 bits per heavy atom. The van der Waals surface area contributed by atoms with Gasteiger partial charge in [0, 0.05) is 11.6 Å². The minimum atomic E-state index is -0.681. The van der Waals surface area contributed by atoms with Crippen LogP contribution in [0.1, 0.15) is 0 Å². The number of aromatic hydroxyl groups is 1. The van der Waals surface area contributed by atoms with Crippen molar-refractivity contribution >= 4 is 11.3 Å². The molecule has 1 heterocycles. The van der Waals surface area contributed by atoms with E-state index >= 15 is 0 Å². The number of nitrogens with zero attached hydrogens (tertiary/aromatic N) is 1. The van der Waals surface area contributed by atoms with Gasteiger partial charge in [0.15, 0.2) is 0 Å². The van der Waals surface area contributed by atoms with Gasteiger partial charge in [-0.2, -0.15) is 0 Å². The first-order valence-electron chi connectivity index (χ1n) is 3.77. The van der Waals surface area contributed by atoms with E-state index in [9.17, 15) is 8.78 Å². The minimum absolute atomic E-state index is 0.159. The molecule has 2 rings (SSSR count). The first-order valence-corrected chi connectivity index (χ1v) is 4.64. The van der Waals surface area contributed by atoms with E-state index in [0.717, 1.165) is 23.5 Å². The van der Waals surface area contributed by atoms with Gasteiger partial charge in [-0.15, -0.1) is 11.3 Å². The normalized spacial score (nSPS) is 10.4. The van der Waals surface area contributed by atoms with E-state index in [4.69, 9.17) is 5.11 Å². The quantitative estimate of drug-likeness (QED) is 0.790. The van der Waals surface area contributed by atoms with Crippen molar-refractivity contribution in [2.45, 2.75) is 0 Å². The molecule has 2 nitrogen and oxygen atoms in total. The Kier molecular flexibility index (Phi) is 2.17. The summed E-state index contributed by atoms with van der Waals surface area (Å²) < 4.78 is 25.8. The highest BCUT2D eigenvalue weighted by Gasteiger charge is 2.09. The maximum Gasteiger partial charge on any atom is 0.222 e. The summed E-state index contributed by atoms with van der Waals surface area (Å²) in [5.41, 5.74) is 0.191. The molecular formula is C9H5F2NOS. The van der Waals surface area contributed by atoms with E-state index in [1.165, 1.54) is 11.4 Å². The van der Waals surface area contributed by atoms with Crippen molar-refractivity contribution < 1.29 is 13.9 Å². The van der Waals surface area contributed by atoms with Crippen LogP contribution in [0.2, 0.25) is 0 Å². The van der Waals surface area contributed by atoms with Crippen LogP contribution < -0.4 is 0 Å². The monoisotopic (exact) mass is 213 g/mol. The zero-order valence-electron chi connectivity index (χ0n) is 6.87. The highest BCUT2D eigenvalue weighted by molar-refractivity contribution is 7.13. The van der Waals surface area contributed by atoms with Gasteiger partial charge in [-0.25, -0.2) is 13.8 Å². The van der Waals surface area contributed by atoms with Crippen molar-refractivity contribution in [3.8, 4) is 16.5 Å². The number of rotatable bonds is 1. The van der Waals surface area contributed by atoms with E-state index in [2.05, 4.69) is 4.98 Å². The summed E-state index contributed by atoms with van der Waals surface area (Å²) in [5.74, 6) is -1.47. The summed E-state index contributed by atoms with van der Waals surface area (Å²) in [5, 5.41) is 10.7. The van der Waals surface area contributed by atoms with E-state index in [1.54, 1.807) is 0 Å². The SMILES string of the molecule is Oc1csc(-c2ccc(F)cc2F)n1. The summed E-state index contributed by atoms with van der Waals surface area (Å²) in [6, 6.07) is 3.23. The molecule has 0 saturated heterocycles. The summed E-state index contributed by atoms with van der Waals surface area (Å²) in [6.07, 6.45) is 0. The van der Waals surface area contributed by atoms with Crippen molar-refractivity contribution in [2.24, 2.45) is 0 Å². The maximum atomic E-state index is 13.2. The van der Waals surface area contributed by atoms with Crippen molar-refractivity contribution in [3.63, 3.8) is 0 Å². The van der Waals surface area contributed by atoms with Gasteiger partial charge in [-0.3, -0.25) is 0 Å². The van der Waals surface area contributed by atoms with Crippen LogP contribution in [0.4, 0.5) is 8.78 Å². The molecule has 0 spiro atoms. The van der Waals surface area contributed by atoms with E-state index in [0.29, 0.717) is 5.01 Å². The number of hydrogen-bond acceptors (Lipinski definition) is 3. The fourth-order valence-corrected chi connectivity index (χ4v) is 1.76. The zero-order valence-corrected chi connectivity index (χ0v) is 7.68. The lowest BCUT2D eigenvalue weighted by Crippen LogP contribution is -1.84. The molecule has 0 saturated carbocycles. The van der Waals surface area contributed by atoms with Crippen LogP contribution in [0, 0.1) is 11.6 Å². The van der Waals surface area contributed by atoms with Crippen LogP contribution in [0.5, 0.6) is 5.88 Å². The van der Waals surface area contributed by atoms with Crippen molar-refractivity contribution in [1.82, 2.24) is 4.98 Å². The number of thiazole rings is 1. The molecule has 72 valence electrons. The van der Waals surface area contributed by atoms with Crippen molar-refractivity contribution in [2.75, 3.05) is 0 Å². The third-order valence-electron chi connectivity index (χ3n) is 1.65. The van der Waals surface area contributed by atoms with Crippen molar-refractivity contribution in [1.29, 1.82) is 0 Å². The van der Waals surface area contributed by atoms with Gasteiger partial charge in [0.2, 0.25) is 5.88 Å². The topological polar surface area (TPSA) is 33.1 Å². The Morgan fingerprint density at radius 2 is 2.07 bits per heavy atom. The predicted molar refractivity (Wildman–Crippen MR) is 49.1 cm³/mol. The number of halogens is 2. The number of hydrogen-bond donors (Lipinski definition) is 1. The summed E-state index contributed by atoms with van der Waals surface area (Å²) in [7, 11) is 0. The summed E-state index contributed by atoms with van der Waals surface area (Å²) in [6.45, 7) is 0. The van der Waals surface area contributed by atoms with Crippen LogP contribution in [0.15, 0.2) is 23.6 Å². The first-order chi connectivity index (χ1) is 6.66. The molecule has 0 amide bonds. The highest BCUT2D eigenvalue weighted by atomic mass is 32.1. The Hall–Kier alpha value is -1.49. The molecule has 0 aliphatic carbocycles. The molecule has 5 heteroatoms. The Bertz CT molecular complexity index is 470. The summed E-state index contributed by atoms with van der Waals surface area (Å²) in [4.78, 5) is 3.68. The molecule has 0 unspecified atom stereocenters. The fraction of sp³-hybridized carbons (Fsp3) is 0. The standard InChI is InChI=1S/C9H5F2NOS/c10-5-1-2-6(7(11)3-5)9-12-8(13)4-14-9/h1-4,13H. The molecule has 0 aliphatic heterocycles. The fourth-order valence-electron chi connectivity index (χ4n) is 1.05. The van der Waals surface area contributed by atoms with Crippen LogP contribution in [-0.4, -0.2) is 10.1 Å². The van der Waals surface area contributed by atoms with Gasteiger partial charge in [-0.1, -0.05) is 0 Å². The zero-order chi connectivity index (χ0) is 10.1. The van der Waals surface area contributed by atoms with Crippen LogP contribution in [0.25, 0.3) is 10.6 Å². The lowest BCUT2D eigenvalue weighted by Gasteiger charge is -1.97. The van der Waals surface area contributed by atoms with E-state index < -0.39 is 11.6 Å². The molecular weight excluding hydrogens is 208 g/mol. The molecule has 0 aliphatic rings. The molecule has 14 heavy (non-hydrogen) atoms. The van der Waals surface area contributed by atoms with Gasteiger partial charge in [0.1, 0.15) is 16.6 Å². The van der Waals surface area contributed by atoms with Gasteiger partial charge in [0.05, 0.1) is 5.38 Å². The summed E-state index contributed by atoms with van der Waals surface area (Å²) >= 11 is 1.10. The number of aromatic nitrogens is 1. The van der Waals surface area contributed by atoms with E-state index in [-0.39, 0.29) is 11.4 Å². The third kappa shape index (κ3) is 1.58. The second kappa shape index (κ2) is 3.34. The lowest BCUT2D eigenvalue weighted by atomic mass is 10.2. The first kappa shape index (κ1) is 9.08. The Labute approximate surface area is 82.5 Å². The average molecular weight is 213 g/mol. The number of benzene rings is 1. The molecule has 0 fully saturated rings. The Balaban J connectivity index is 2.52. The van der Waals surface area contributed by atoms with Crippen LogP contribution in [0.3, 0.4) is 0 Å². The van der Waals surface area contributed by atoms with Gasteiger partial charge in [0.25, 0.3) is 0 Å². The molecule has 0 radical (unpaired) electrons. The minimum Gasteiger partial charge on any atom is -0.493 e. The molecule has 1 aromatic carbocycles. The van der Waals surface area contributed by atoms with Gasteiger partial charge < -0.3 is 5.11 Å². The third-order valence-corrected chi connectivity index (χ3v) is 2.52. The lowest BCUT2D eigenvalue weighted by molar-refractivity contribution is 0.458. The molecule has 2 aromatic rings. The highest BCUT2D eigenvalue weighted by Crippen LogP contribution is 2.28. The van der Waals surface area contributed by atoms with Crippen molar-refractivity contribution in [3.05, 3.63) is 35.2 Å². The second-order valence-corrected chi connectivity index (χ2v) is 3.49. The molecule has 0 bridgehead atoms. The Morgan fingerprint density at radius 1 is 1.29 bits per heavy atom. The second-order valence-electron chi connectivity index (χ2n) is 2.64. The maximum absolute atomic E-state index is 13.2. The van der Waals surface area contributed by atoms with E-state index in [1.807, 2.05) is 0 Å². The molecule has 1 aromatic heterocycles. The molecule has 0 atom stereocenters. The molecule has 1 N–H and O–H groups in total. The van der Waals surface area contributed by atoms with Crippen LogP contribution in [-0.2, 0) is 0 Å². The van der Waals surface area contributed by atoms with Gasteiger partial charge in [-0.05, 0) is 12.1 Å². The smallest absolute Gasteiger partial charge is 0.222 e. The largest absolute Gasteiger partial charge is 0.493 e. The van der Waals surface area contributed by atoms with Crippen LogP contribution >= 0.6 is 11.3 Å². The van der Waals surface area contributed by atoms with Gasteiger partial charge >= 0.3 is 0 Å².